The Kier molecular flexibility index (Phi) is 2.80. The van der Waals surface area contributed by atoms with E-state index in [0.29, 0.717) is 5.56 Å². The predicted molar refractivity (Wildman–Crippen MR) is 69.4 cm³/mol. The molecule has 0 bridgehead atoms. The predicted octanol–water partition coefficient (Wildman–Crippen LogP) is 1.76. The minimum absolute atomic E-state index is 0.0216. The first-order chi connectivity index (χ1) is 8.81. The van der Waals surface area contributed by atoms with E-state index in [1.807, 2.05) is 30.5 Å². The summed E-state index contributed by atoms with van der Waals surface area (Å²) >= 11 is 0. The number of fused-ring (bicyclic) bond motifs is 1. The van der Waals surface area contributed by atoms with Crippen molar-refractivity contribution in [2.45, 2.75) is 18.9 Å². The summed E-state index contributed by atoms with van der Waals surface area (Å²) in [4.78, 5) is 17.4. The van der Waals surface area contributed by atoms with Crippen LogP contribution in [0.1, 0.15) is 23.2 Å². The molecule has 3 rings (SSSR count). The first-order valence-electron chi connectivity index (χ1n) is 6.29. The Morgan fingerprint density at radius 2 is 2.33 bits per heavy atom. The van der Waals surface area contributed by atoms with Gasteiger partial charge in [-0.05, 0) is 31.0 Å². The molecule has 1 fully saturated rings. The van der Waals surface area contributed by atoms with Crippen LogP contribution in [0.15, 0.2) is 30.5 Å². The second-order valence-corrected chi connectivity index (χ2v) is 4.72. The van der Waals surface area contributed by atoms with Gasteiger partial charge in [0, 0.05) is 29.2 Å². The van der Waals surface area contributed by atoms with Gasteiger partial charge in [-0.15, -0.1) is 0 Å². The van der Waals surface area contributed by atoms with Crippen LogP contribution in [0.5, 0.6) is 0 Å². The number of benzene rings is 1. The van der Waals surface area contributed by atoms with Gasteiger partial charge in [0.05, 0.1) is 12.6 Å². The van der Waals surface area contributed by atoms with Crippen molar-refractivity contribution in [1.29, 1.82) is 0 Å². The van der Waals surface area contributed by atoms with E-state index < -0.39 is 0 Å². The Labute approximate surface area is 105 Å². The van der Waals surface area contributed by atoms with Crippen molar-refractivity contribution >= 4 is 16.8 Å². The lowest BCUT2D eigenvalue weighted by Gasteiger charge is -2.23. The lowest BCUT2D eigenvalue weighted by Crippen LogP contribution is -2.37. The van der Waals surface area contributed by atoms with Gasteiger partial charge in [0.25, 0.3) is 5.91 Å². The molecule has 1 aliphatic rings. The molecule has 1 aromatic carbocycles. The SMILES string of the molecule is O=C(c1cccc2[nH]ccc12)N1CCC[C@H]1CO. The quantitative estimate of drug-likeness (QED) is 0.845. The van der Waals surface area contributed by atoms with Gasteiger partial charge in [0.1, 0.15) is 0 Å². The number of nitrogens with zero attached hydrogens (tertiary/aromatic N) is 1. The van der Waals surface area contributed by atoms with Gasteiger partial charge in [-0.1, -0.05) is 6.07 Å². The van der Waals surface area contributed by atoms with Gasteiger partial charge in [0.2, 0.25) is 0 Å². The minimum atomic E-state index is -0.0216. The Hall–Kier alpha value is -1.81. The molecule has 2 N–H and O–H groups in total. The summed E-state index contributed by atoms with van der Waals surface area (Å²) in [7, 11) is 0. The van der Waals surface area contributed by atoms with Crippen molar-refractivity contribution in [3.05, 3.63) is 36.0 Å². The Bertz CT molecular complexity index is 576. The second-order valence-electron chi connectivity index (χ2n) is 4.72. The molecule has 94 valence electrons. The molecule has 1 aliphatic heterocycles. The molecule has 4 heteroatoms. The van der Waals surface area contributed by atoms with Crippen molar-refractivity contribution in [3.63, 3.8) is 0 Å². The van der Waals surface area contributed by atoms with Crippen LogP contribution in [-0.4, -0.2) is 40.1 Å². The van der Waals surface area contributed by atoms with E-state index >= 15 is 0 Å². The fourth-order valence-electron chi connectivity index (χ4n) is 2.72. The number of H-pyrrole nitrogens is 1. The summed E-state index contributed by atoms with van der Waals surface area (Å²) in [5.74, 6) is 0.0248. The first-order valence-corrected chi connectivity index (χ1v) is 6.29. The third kappa shape index (κ3) is 1.69. The maximum absolute atomic E-state index is 12.5. The summed E-state index contributed by atoms with van der Waals surface area (Å²) in [6.45, 7) is 0.791. The van der Waals surface area contributed by atoms with E-state index in [1.165, 1.54) is 0 Å². The highest BCUT2D eigenvalue weighted by Gasteiger charge is 2.29. The number of hydrogen-bond acceptors (Lipinski definition) is 2. The molecule has 0 unspecified atom stereocenters. The molecule has 0 radical (unpaired) electrons. The number of carbonyl (C=O) groups excluding carboxylic acids is 1. The Morgan fingerprint density at radius 3 is 3.17 bits per heavy atom. The Morgan fingerprint density at radius 1 is 1.44 bits per heavy atom. The molecule has 0 saturated carbocycles. The molecule has 1 aromatic heterocycles. The fraction of sp³-hybridized carbons (Fsp3) is 0.357. The smallest absolute Gasteiger partial charge is 0.254 e. The van der Waals surface area contributed by atoms with Gasteiger partial charge in [0.15, 0.2) is 0 Å². The number of aliphatic hydroxyl groups is 1. The molecule has 1 amide bonds. The van der Waals surface area contributed by atoms with E-state index in [1.54, 1.807) is 4.90 Å². The molecule has 2 heterocycles. The van der Waals surface area contributed by atoms with Gasteiger partial charge >= 0.3 is 0 Å². The van der Waals surface area contributed by atoms with Crippen molar-refractivity contribution in [3.8, 4) is 0 Å². The van der Waals surface area contributed by atoms with Crippen LogP contribution < -0.4 is 0 Å². The molecule has 1 atom stereocenters. The van der Waals surface area contributed by atoms with Crippen LogP contribution in [-0.2, 0) is 0 Å². The summed E-state index contributed by atoms with van der Waals surface area (Å²) in [6, 6.07) is 7.60. The average molecular weight is 244 g/mol. The van der Waals surface area contributed by atoms with Crippen LogP contribution >= 0.6 is 0 Å². The van der Waals surface area contributed by atoms with E-state index in [-0.39, 0.29) is 18.6 Å². The maximum Gasteiger partial charge on any atom is 0.254 e. The normalized spacial score (nSPS) is 19.6. The first kappa shape index (κ1) is 11.3. The molecule has 4 nitrogen and oxygen atoms in total. The van der Waals surface area contributed by atoms with E-state index in [4.69, 9.17) is 0 Å². The van der Waals surface area contributed by atoms with Crippen molar-refractivity contribution in [2.24, 2.45) is 0 Å². The molecular weight excluding hydrogens is 228 g/mol. The molecule has 0 aliphatic carbocycles. The number of nitrogens with one attached hydrogen (secondary N) is 1. The lowest BCUT2D eigenvalue weighted by molar-refractivity contribution is 0.0679. The maximum atomic E-state index is 12.5. The van der Waals surface area contributed by atoms with Crippen molar-refractivity contribution in [1.82, 2.24) is 9.88 Å². The van der Waals surface area contributed by atoms with Crippen LogP contribution in [0.4, 0.5) is 0 Å². The summed E-state index contributed by atoms with van der Waals surface area (Å²) in [5.41, 5.74) is 1.69. The van der Waals surface area contributed by atoms with Gasteiger partial charge < -0.3 is 15.0 Å². The number of carbonyl (C=O) groups is 1. The Balaban J connectivity index is 1.99. The van der Waals surface area contributed by atoms with Crippen LogP contribution in [0.3, 0.4) is 0 Å². The standard InChI is InChI=1S/C14H16N2O2/c17-9-10-3-2-8-16(10)14(18)12-4-1-5-13-11(12)6-7-15-13/h1,4-7,10,15,17H,2-3,8-9H2/t10-/m0/s1. The zero-order chi connectivity index (χ0) is 12.5. The highest BCUT2D eigenvalue weighted by molar-refractivity contribution is 6.06. The van der Waals surface area contributed by atoms with Crippen LogP contribution in [0.25, 0.3) is 10.9 Å². The summed E-state index contributed by atoms with van der Waals surface area (Å²) < 4.78 is 0. The molecule has 0 spiro atoms. The third-order valence-corrected chi connectivity index (χ3v) is 3.67. The van der Waals surface area contributed by atoms with Gasteiger partial charge in [-0.25, -0.2) is 0 Å². The number of likely N-dealkylation sites (tertiary alicyclic amines) is 1. The molecular formula is C14H16N2O2. The van der Waals surface area contributed by atoms with E-state index in [9.17, 15) is 9.90 Å². The number of aromatic amines is 1. The fourth-order valence-corrected chi connectivity index (χ4v) is 2.72. The number of amides is 1. The lowest BCUT2D eigenvalue weighted by atomic mass is 10.1. The molecule has 2 aromatic rings. The highest BCUT2D eigenvalue weighted by Crippen LogP contribution is 2.24. The molecule has 1 saturated heterocycles. The average Bonchev–Trinajstić information content (AvgIpc) is 3.05. The third-order valence-electron chi connectivity index (χ3n) is 3.67. The highest BCUT2D eigenvalue weighted by atomic mass is 16.3. The molecule has 18 heavy (non-hydrogen) atoms. The number of rotatable bonds is 2. The zero-order valence-electron chi connectivity index (χ0n) is 10.1. The largest absolute Gasteiger partial charge is 0.394 e. The van der Waals surface area contributed by atoms with Gasteiger partial charge in [-0.2, -0.15) is 0 Å². The van der Waals surface area contributed by atoms with Crippen LogP contribution in [0.2, 0.25) is 0 Å². The number of aliphatic hydroxyl groups excluding tert-OH is 1. The van der Waals surface area contributed by atoms with Crippen molar-refractivity contribution < 1.29 is 9.90 Å². The topological polar surface area (TPSA) is 56.3 Å². The van der Waals surface area contributed by atoms with Crippen molar-refractivity contribution in [2.75, 3.05) is 13.2 Å². The second kappa shape index (κ2) is 4.46. The van der Waals surface area contributed by atoms with Crippen LogP contribution in [0, 0.1) is 0 Å². The zero-order valence-corrected chi connectivity index (χ0v) is 10.1. The summed E-state index contributed by atoms with van der Waals surface area (Å²) in [6.07, 6.45) is 3.71. The summed E-state index contributed by atoms with van der Waals surface area (Å²) in [5, 5.41) is 10.3. The van der Waals surface area contributed by atoms with E-state index in [0.717, 1.165) is 30.3 Å². The van der Waals surface area contributed by atoms with E-state index in [2.05, 4.69) is 4.98 Å². The monoisotopic (exact) mass is 244 g/mol. The van der Waals surface area contributed by atoms with Gasteiger partial charge in [-0.3, -0.25) is 4.79 Å². The number of aromatic nitrogens is 1. The number of hydrogen-bond donors (Lipinski definition) is 2. The minimum Gasteiger partial charge on any atom is -0.394 e.